The first kappa shape index (κ1) is 16.7. The van der Waals surface area contributed by atoms with Crippen LogP contribution in [0.1, 0.15) is 23.2 Å². The van der Waals surface area contributed by atoms with Gasteiger partial charge in [0, 0.05) is 5.56 Å². The van der Waals surface area contributed by atoms with E-state index in [2.05, 4.69) is 9.72 Å². The second-order valence-corrected chi connectivity index (χ2v) is 3.61. The summed E-state index contributed by atoms with van der Waals surface area (Å²) in [4.78, 5) is 2.68. The predicted octanol–water partition coefficient (Wildman–Crippen LogP) is 4.68. The van der Waals surface area contributed by atoms with Crippen LogP contribution < -0.4 is 4.74 Å². The van der Waals surface area contributed by atoms with Crippen molar-refractivity contribution in [1.82, 2.24) is 4.98 Å². The molecule has 0 aromatic carbocycles. The molecule has 2 nitrogen and oxygen atoms in total. The van der Waals surface area contributed by atoms with Crippen LogP contribution in [0.5, 0.6) is 5.75 Å². The van der Waals surface area contributed by atoms with Gasteiger partial charge in [0.1, 0.15) is 5.69 Å². The lowest BCUT2D eigenvalue weighted by atomic mass is 10.1. The Hall–Kier alpha value is -1.32. The quantitative estimate of drug-likeness (QED) is 0.593. The SMILES string of the molecule is FC(F)c1ncc(OC(F)(F)F)c(CCl)c1C(F)(F)F. The lowest BCUT2D eigenvalue weighted by Crippen LogP contribution is -2.21. The molecular weight excluding hydrogens is 326 g/mol. The van der Waals surface area contributed by atoms with Crippen LogP contribution >= 0.6 is 11.6 Å². The Morgan fingerprint density at radius 3 is 2.05 bits per heavy atom. The molecule has 0 radical (unpaired) electrons. The van der Waals surface area contributed by atoms with E-state index in [1.165, 1.54) is 0 Å². The topological polar surface area (TPSA) is 22.1 Å². The summed E-state index contributed by atoms with van der Waals surface area (Å²) in [5.74, 6) is -2.48. The Balaban J connectivity index is 3.53. The van der Waals surface area contributed by atoms with Gasteiger partial charge >= 0.3 is 12.5 Å². The van der Waals surface area contributed by atoms with E-state index < -0.39 is 47.4 Å². The minimum Gasteiger partial charge on any atom is -0.404 e. The molecule has 20 heavy (non-hydrogen) atoms. The number of aromatic nitrogens is 1. The van der Waals surface area contributed by atoms with Crippen molar-refractivity contribution in [3.05, 3.63) is 23.0 Å². The molecule has 114 valence electrons. The fraction of sp³-hybridized carbons (Fsp3) is 0.444. The van der Waals surface area contributed by atoms with Crippen molar-refractivity contribution in [3.63, 3.8) is 0 Å². The average molecular weight is 330 g/mol. The summed E-state index contributed by atoms with van der Waals surface area (Å²) in [6.07, 6.45) is -14.2. The van der Waals surface area contributed by atoms with Crippen LogP contribution in [0.4, 0.5) is 35.1 Å². The molecule has 0 aliphatic rings. The van der Waals surface area contributed by atoms with Crippen molar-refractivity contribution in [3.8, 4) is 5.75 Å². The number of rotatable bonds is 3. The molecule has 0 atom stereocenters. The number of nitrogens with zero attached hydrogens (tertiary/aromatic N) is 1. The van der Waals surface area contributed by atoms with Crippen molar-refractivity contribution < 1.29 is 39.9 Å². The highest BCUT2D eigenvalue weighted by Crippen LogP contribution is 2.42. The third-order valence-electron chi connectivity index (χ3n) is 2.03. The summed E-state index contributed by atoms with van der Waals surface area (Å²) in [5, 5.41) is 0. The highest BCUT2D eigenvalue weighted by atomic mass is 35.5. The maximum Gasteiger partial charge on any atom is 0.573 e. The molecule has 0 amide bonds. The van der Waals surface area contributed by atoms with Gasteiger partial charge in [0.25, 0.3) is 6.43 Å². The molecule has 11 heteroatoms. The molecule has 0 unspecified atom stereocenters. The number of alkyl halides is 9. The van der Waals surface area contributed by atoms with Crippen molar-refractivity contribution in [2.45, 2.75) is 24.8 Å². The summed E-state index contributed by atoms with van der Waals surface area (Å²) >= 11 is 5.13. The van der Waals surface area contributed by atoms with Crippen LogP contribution in [0.2, 0.25) is 0 Å². The Bertz CT molecular complexity index is 484. The molecule has 0 aliphatic carbocycles. The fourth-order valence-corrected chi connectivity index (χ4v) is 1.64. The van der Waals surface area contributed by atoms with Crippen LogP contribution in [0, 0.1) is 0 Å². The molecule has 0 fully saturated rings. The Morgan fingerprint density at radius 2 is 1.70 bits per heavy atom. The first-order chi connectivity index (χ1) is 8.97. The van der Waals surface area contributed by atoms with Gasteiger partial charge in [-0.05, 0) is 0 Å². The first-order valence-electron chi connectivity index (χ1n) is 4.66. The van der Waals surface area contributed by atoms with Crippen LogP contribution in [0.3, 0.4) is 0 Å². The molecule has 1 aromatic rings. The van der Waals surface area contributed by atoms with Crippen LogP contribution in [0.15, 0.2) is 6.20 Å². The molecule has 0 saturated carbocycles. The third kappa shape index (κ3) is 3.84. The van der Waals surface area contributed by atoms with Gasteiger partial charge in [-0.15, -0.1) is 24.8 Å². The van der Waals surface area contributed by atoms with E-state index in [9.17, 15) is 35.1 Å². The lowest BCUT2D eigenvalue weighted by molar-refractivity contribution is -0.275. The average Bonchev–Trinajstić information content (AvgIpc) is 2.24. The largest absolute Gasteiger partial charge is 0.573 e. The second-order valence-electron chi connectivity index (χ2n) is 3.34. The number of hydrogen-bond donors (Lipinski definition) is 0. The molecule has 0 aliphatic heterocycles. The zero-order valence-electron chi connectivity index (χ0n) is 9.12. The maximum absolute atomic E-state index is 12.7. The van der Waals surface area contributed by atoms with Gasteiger partial charge in [0.05, 0.1) is 17.6 Å². The molecule has 1 aromatic heterocycles. The van der Waals surface area contributed by atoms with Crippen LogP contribution in [0.25, 0.3) is 0 Å². The van der Waals surface area contributed by atoms with Gasteiger partial charge in [-0.2, -0.15) is 13.2 Å². The van der Waals surface area contributed by atoms with E-state index in [0.717, 1.165) is 0 Å². The number of pyridine rings is 1. The molecule has 1 heterocycles. The molecular formula is C9H4ClF8NO. The van der Waals surface area contributed by atoms with Crippen molar-refractivity contribution in [2.24, 2.45) is 0 Å². The van der Waals surface area contributed by atoms with E-state index in [1.807, 2.05) is 0 Å². The number of ether oxygens (including phenoxy) is 1. The Kier molecular flexibility index (Phi) is 4.67. The van der Waals surface area contributed by atoms with Crippen molar-refractivity contribution in [2.75, 3.05) is 0 Å². The minimum atomic E-state index is -5.35. The van der Waals surface area contributed by atoms with Crippen molar-refractivity contribution in [1.29, 1.82) is 0 Å². The third-order valence-corrected chi connectivity index (χ3v) is 2.29. The van der Waals surface area contributed by atoms with Gasteiger partial charge in [0.2, 0.25) is 0 Å². The summed E-state index contributed by atoms with van der Waals surface area (Å²) in [7, 11) is 0. The lowest BCUT2D eigenvalue weighted by Gasteiger charge is -2.19. The van der Waals surface area contributed by atoms with E-state index in [0.29, 0.717) is 0 Å². The fourth-order valence-electron chi connectivity index (χ4n) is 1.38. The summed E-state index contributed by atoms with van der Waals surface area (Å²) < 4.78 is 102. The first-order valence-corrected chi connectivity index (χ1v) is 5.19. The summed E-state index contributed by atoms with van der Waals surface area (Å²) in [6.45, 7) is 0. The molecule has 0 bridgehead atoms. The normalized spacial score (nSPS) is 12.9. The highest BCUT2D eigenvalue weighted by Gasteiger charge is 2.42. The van der Waals surface area contributed by atoms with Gasteiger partial charge in [-0.3, -0.25) is 4.98 Å². The monoisotopic (exact) mass is 329 g/mol. The standard InChI is InChI=1S/C9H4ClF8NO/c10-1-3-4(20-9(16,17)18)2-19-6(7(11)12)5(3)8(13,14)15/h2,7H,1H2. The van der Waals surface area contributed by atoms with Crippen LogP contribution in [-0.2, 0) is 12.1 Å². The molecule has 0 spiro atoms. The van der Waals surface area contributed by atoms with Crippen LogP contribution in [-0.4, -0.2) is 11.3 Å². The summed E-state index contributed by atoms with van der Waals surface area (Å²) in [5.41, 5.74) is -4.98. The molecule has 0 N–H and O–H groups in total. The Labute approximate surface area is 111 Å². The maximum atomic E-state index is 12.7. The van der Waals surface area contributed by atoms with Gasteiger partial charge in [0.15, 0.2) is 5.75 Å². The summed E-state index contributed by atoms with van der Waals surface area (Å²) in [6, 6.07) is 0. The highest BCUT2D eigenvalue weighted by molar-refractivity contribution is 6.17. The second kappa shape index (κ2) is 5.58. The number of hydrogen-bond acceptors (Lipinski definition) is 2. The van der Waals surface area contributed by atoms with Gasteiger partial charge in [-0.25, -0.2) is 8.78 Å². The zero-order chi connectivity index (χ0) is 15.7. The number of halogens is 9. The van der Waals surface area contributed by atoms with Crippen molar-refractivity contribution >= 4 is 11.6 Å². The van der Waals surface area contributed by atoms with E-state index in [1.54, 1.807) is 0 Å². The van der Waals surface area contributed by atoms with E-state index >= 15 is 0 Å². The molecule has 1 rings (SSSR count). The minimum absolute atomic E-state index is 0.127. The van der Waals surface area contributed by atoms with E-state index in [-0.39, 0.29) is 6.20 Å². The smallest absolute Gasteiger partial charge is 0.404 e. The van der Waals surface area contributed by atoms with Gasteiger partial charge in [-0.1, -0.05) is 0 Å². The molecule has 0 saturated heterocycles. The van der Waals surface area contributed by atoms with Gasteiger partial charge < -0.3 is 4.74 Å². The van der Waals surface area contributed by atoms with E-state index in [4.69, 9.17) is 11.6 Å². The predicted molar refractivity (Wildman–Crippen MR) is 50.4 cm³/mol. The Morgan fingerprint density at radius 1 is 1.15 bits per heavy atom. The zero-order valence-corrected chi connectivity index (χ0v) is 9.87.